The van der Waals surface area contributed by atoms with Gasteiger partial charge in [-0.15, -0.1) is 0 Å². The van der Waals surface area contributed by atoms with E-state index in [1.54, 1.807) is 0 Å². The van der Waals surface area contributed by atoms with E-state index in [0.717, 1.165) is 18.5 Å². The molecular formula is C39H73N3P+. The van der Waals surface area contributed by atoms with Gasteiger partial charge in [-0.3, -0.25) is 0 Å². The second-order valence-electron chi connectivity index (χ2n) is 13.5. The van der Waals surface area contributed by atoms with Crippen LogP contribution in [-0.2, 0) is 0 Å². The first kappa shape index (κ1) is 41.9. The smallest absolute Gasteiger partial charge is 0.0725 e. The fraction of sp³-hybridized carbons (Fsp3) is 0.923. The van der Waals surface area contributed by atoms with Crippen LogP contribution in [0.15, 0.2) is 0 Å². The molecule has 0 aromatic carbocycles. The van der Waals surface area contributed by atoms with Crippen LogP contribution in [0.1, 0.15) is 206 Å². The Bertz CT molecular complexity index is 641. The zero-order valence-corrected chi connectivity index (χ0v) is 29.9. The van der Waals surface area contributed by atoms with Gasteiger partial charge in [0.1, 0.15) is 0 Å². The highest BCUT2D eigenvalue weighted by atomic mass is 31.2. The Labute approximate surface area is 271 Å². The highest BCUT2D eigenvalue weighted by Gasteiger charge is 2.35. The predicted octanol–water partition coefficient (Wildman–Crippen LogP) is 13.7. The molecule has 0 rings (SSSR count). The number of hydrogen-bond acceptors (Lipinski definition) is 3. The van der Waals surface area contributed by atoms with E-state index in [4.69, 9.17) is 15.8 Å². The number of hydrogen-bond donors (Lipinski definition) is 0. The molecule has 0 saturated heterocycles. The Morgan fingerprint density at radius 2 is 0.512 bits per heavy atom. The summed E-state index contributed by atoms with van der Waals surface area (Å²) in [5.41, 5.74) is 0. The summed E-state index contributed by atoms with van der Waals surface area (Å²) in [5, 5.41) is 27.3. The Morgan fingerprint density at radius 1 is 0.302 bits per heavy atom. The largest absolute Gasteiger partial charge is 0.198 e. The van der Waals surface area contributed by atoms with Crippen LogP contribution in [0.3, 0.4) is 0 Å². The number of unbranched alkanes of at least 4 members (excludes halogenated alkanes) is 27. The van der Waals surface area contributed by atoms with Crippen LogP contribution in [0.25, 0.3) is 0 Å². The molecular weight excluding hydrogens is 541 g/mol. The third-order valence-electron chi connectivity index (χ3n) is 9.58. The van der Waals surface area contributed by atoms with Gasteiger partial charge in [0, 0.05) is 7.26 Å². The Hall–Kier alpha value is -1.10. The standard InChI is InChI=1S/C39H73N3P/c1-2-3-4-5-6-7-8-9-10-11-12-13-14-15-16-17-18-19-20-21-22-23-24-25-26-27-28-29-36-43(37-30-33-40,38-31-34-41)39-32-35-42/h2-32,36-39H2,1H3/q+1. The maximum Gasteiger partial charge on any atom is 0.0725 e. The summed E-state index contributed by atoms with van der Waals surface area (Å²) in [4.78, 5) is 0. The second kappa shape index (κ2) is 35.4. The van der Waals surface area contributed by atoms with E-state index >= 15 is 0 Å². The molecule has 0 radical (unpaired) electrons. The first-order chi connectivity index (χ1) is 21.2. The predicted molar refractivity (Wildman–Crippen MR) is 192 cm³/mol. The molecule has 0 aliphatic rings. The van der Waals surface area contributed by atoms with Crippen LogP contribution >= 0.6 is 7.26 Å². The molecule has 0 aliphatic carbocycles. The van der Waals surface area contributed by atoms with Crippen molar-refractivity contribution >= 4 is 7.26 Å². The van der Waals surface area contributed by atoms with Gasteiger partial charge in [-0.25, -0.2) is 0 Å². The van der Waals surface area contributed by atoms with E-state index < -0.39 is 7.26 Å². The highest BCUT2D eigenvalue weighted by molar-refractivity contribution is 7.75. The van der Waals surface area contributed by atoms with Crippen LogP contribution in [0.4, 0.5) is 0 Å². The second-order valence-corrected chi connectivity index (χ2v) is 18.0. The summed E-state index contributed by atoms with van der Waals surface area (Å²) in [5.74, 6) is 0. The topological polar surface area (TPSA) is 71.4 Å². The maximum absolute atomic E-state index is 9.10. The molecule has 0 saturated carbocycles. The summed E-state index contributed by atoms with van der Waals surface area (Å²) < 4.78 is 0. The molecule has 0 fully saturated rings. The monoisotopic (exact) mass is 615 g/mol. The van der Waals surface area contributed by atoms with E-state index in [-0.39, 0.29) is 0 Å². The Kier molecular flexibility index (Phi) is 34.5. The van der Waals surface area contributed by atoms with Gasteiger partial charge in [-0.05, 0) is 12.8 Å². The molecule has 0 aliphatic heterocycles. The first-order valence-corrected chi connectivity index (χ1v) is 21.7. The minimum Gasteiger partial charge on any atom is -0.198 e. The lowest BCUT2D eigenvalue weighted by molar-refractivity contribution is 0.514. The minimum absolute atomic E-state index is 0.587. The van der Waals surface area contributed by atoms with Gasteiger partial charge < -0.3 is 0 Å². The molecule has 0 N–H and O–H groups in total. The SMILES string of the molecule is CCCCCCCCCCCCCCCCCCCCCCCCCCCCCC[P+](CCC#N)(CCC#N)CCC#N. The van der Waals surface area contributed by atoms with Crippen molar-refractivity contribution in [1.29, 1.82) is 15.8 Å². The molecule has 0 amide bonds. The lowest BCUT2D eigenvalue weighted by Crippen LogP contribution is -2.12. The number of rotatable bonds is 35. The zero-order chi connectivity index (χ0) is 31.4. The number of nitriles is 3. The van der Waals surface area contributed by atoms with Crippen molar-refractivity contribution in [1.82, 2.24) is 0 Å². The third-order valence-corrected chi connectivity index (χ3v) is 14.4. The molecule has 43 heavy (non-hydrogen) atoms. The minimum atomic E-state index is -1.31. The lowest BCUT2D eigenvalue weighted by Gasteiger charge is -2.25. The summed E-state index contributed by atoms with van der Waals surface area (Å²) >= 11 is 0. The van der Waals surface area contributed by atoms with E-state index in [2.05, 4.69) is 25.1 Å². The fourth-order valence-corrected chi connectivity index (χ4v) is 10.6. The van der Waals surface area contributed by atoms with Gasteiger partial charge in [-0.1, -0.05) is 174 Å². The summed E-state index contributed by atoms with van der Waals surface area (Å²) in [6.45, 7) is 2.30. The van der Waals surface area contributed by atoms with E-state index in [1.807, 2.05) is 0 Å². The average Bonchev–Trinajstić information content (AvgIpc) is 3.02. The molecule has 0 aromatic heterocycles. The van der Waals surface area contributed by atoms with Gasteiger partial charge >= 0.3 is 0 Å². The number of nitrogens with zero attached hydrogens (tertiary/aromatic N) is 3. The van der Waals surface area contributed by atoms with E-state index in [1.165, 1.54) is 186 Å². The van der Waals surface area contributed by atoms with Crippen molar-refractivity contribution in [2.45, 2.75) is 206 Å². The van der Waals surface area contributed by atoms with Crippen molar-refractivity contribution in [3.63, 3.8) is 0 Å². The molecule has 3 nitrogen and oxygen atoms in total. The Morgan fingerprint density at radius 3 is 0.721 bits per heavy atom. The molecule has 0 aromatic rings. The van der Waals surface area contributed by atoms with Crippen molar-refractivity contribution in [3.05, 3.63) is 0 Å². The van der Waals surface area contributed by atoms with Crippen LogP contribution < -0.4 is 0 Å². The molecule has 0 spiro atoms. The van der Waals surface area contributed by atoms with Crippen molar-refractivity contribution in [3.8, 4) is 18.2 Å². The molecule has 0 bridgehead atoms. The fourth-order valence-electron chi connectivity index (χ4n) is 6.65. The quantitative estimate of drug-likeness (QED) is 0.0526. The van der Waals surface area contributed by atoms with Crippen LogP contribution in [0.5, 0.6) is 0 Å². The molecule has 4 heteroatoms. The molecule has 0 unspecified atom stereocenters. The van der Waals surface area contributed by atoms with Crippen LogP contribution in [0, 0.1) is 34.0 Å². The van der Waals surface area contributed by atoms with Gasteiger partial charge in [0.15, 0.2) is 0 Å². The molecule has 0 heterocycles. The third kappa shape index (κ3) is 30.7. The summed E-state index contributed by atoms with van der Waals surface area (Å²) in [6.07, 6.45) is 45.6. The molecule has 0 atom stereocenters. The normalized spacial score (nSPS) is 11.3. The highest BCUT2D eigenvalue weighted by Crippen LogP contribution is 2.60. The van der Waals surface area contributed by atoms with Crippen molar-refractivity contribution < 1.29 is 0 Å². The summed E-state index contributed by atoms with van der Waals surface area (Å²) in [7, 11) is -1.31. The zero-order valence-electron chi connectivity index (χ0n) is 29.0. The van der Waals surface area contributed by atoms with Crippen LogP contribution in [-0.4, -0.2) is 24.6 Å². The van der Waals surface area contributed by atoms with Crippen molar-refractivity contribution in [2.75, 3.05) is 24.6 Å². The lowest BCUT2D eigenvalue weighted by atomic mass is 10.0. The van der Waals surface area contributed by atoms with E-state index in [0.29, 0.717) is 19.3 Å². The van der Waals surface area contributed by atoms with Gasteiger partial charge in [0.2, 0.25) is 0 Å². The average molecular weight is 615 g/mol. The van der Waals surface area contributed by atoms with Gasteiger partial charge in [0.25, 0.3) is 0 Å². The first-order valence-electron chi connectivity index (χ1n) is 19.2. The van der Waals surface area contributed by atoms with Gasteiger partial charge in [-0.2, -0.15) is 15.8 Å². The molecule has 248 valence electrons. The van der Waals surface area contributed by atoms with Crippen LogP contribution in [0.2, 0.25) is 0 Å². The summed E-state index contributed by atoms with van der Waals surface area (Å²) in [6, 6.07) is 6.93. The maximum atomic E-state index is 9.10. The van der Waals surface area contributed by atoms with E-state index in [9.17, 15) is 0 Å². The Balaban J connectivity index is 3.42. The van der Waals surface area contributed by atoms with Gasteiger partial charge in [0.05, 0.1) is 62.1 Å². The van der Waals surface area contributed by atoms with Crippen molar-refractivity contribution in [2.24, 2.45) is 0 Å².